The Bertz CT molecular complexity index is 545. The predicted octanol–water partition coefficient (Wildman–Crippen LogP) is 0.487. The van der Waals surface area contributed by atoms with Crippen LogP contribution in [0.15, 0.2) is 18.2 Å². The van der Waals surface area contributed by atoms with Crippen molar-refractivity contribution in [1.29, 1.82) is 0 Å². The summed E-state index contributed by atoms with van der Waals surface area (Å²) >= 11 is 0. The highest BCUT2D eigenvalue weighted by molar-refractivity contribution is 7.88. The highest BCUT2D eigenvalue weighted by Crippen LogP contribution is 2.33. The van der Waals surface area contributed by atoms with Crippen LogP contribution in [-0.2, 0) is 16.6 Å². The third-order valence-electron chi connectivity index (χ3n) is 2.86. The Morgan fingerprint density at radius 2 is 2.00 bits per heavy atom. The van der Waals surface area contributed by atoms with Gasteiger partial charge in [-0.05, 0) is 19.0 Å². The van der Waals surface area contributed by atoms with Crippen LogP contribution >= 0.6 is 0 Å². The molecule has 1 aromatic carbocycles. The van der Waals surface area contributed by atoms with Crippen molar-refractivity contribution < 1.29 is 17.9 Å². The Hall–Kier alpha value is -1.31. The Labute approximate surface area is 119 Å². The molecule has 1 aliphatic rings. The highest BCUT2D eigenvalue weighted by atomic mass is 32.2. The lowest BCUT2D eigenvalue weighted by Gasteiger charge is -2.21. The quantitative estimate of drug-likeness (QED) is 0.717. The van der Waals surface area contributed by atoms with E-state index >= 15 is 0 Å². The third-order valence-corrected chi connectivity index (χ3v) is 3.59. The van der Waals surface area contributed by atoms with Crippen LogP contribution in [0.2, 0.25) is 0 Å². The van der Waals surface area contributed by atoms with E-state index in [0.29, 0.717) is 26.3 Å². The molecule has 0 unspecified atom stereocenters. The Balaban J connectivity index is 1.75. The van der Waals surface area contributed by atoms with Gasteiger partial charge in [-0.2, -0.15) is 0 Å². The van der Waals surface area contributed by atoms with Gasteiger partial charge in [-0.25, -0.2) is 13.1 Å². The molecular formula is C13H20N2O4S. The molecule has 112 valence electrons. The summed E-state index contributed by atoms with van der Waals surface area (Å²) in [6.07, 6.45) is 1.90. The lowest BCUT2D eigenvalue weighted by Crippen LogP contribution is -2.26. The lowest BCUT2D eigenvalue weighted by molar-refractivity contribution is 0.169. The molecule has 0 saturated carbocycles. The summed E-state index contributed by atoms with van der Waals surface area (Å²) in [6, 6.07) is 5.83. The van der Waals surface area contributed by atoms with Gasteiger partial charge < -0.3 is 14.8 Å². The van der Waals surface area contributed by atoms with Crippen molar-refractivity contribution >= 4 is 10.0 Å². The van der Waals surface area contributed by atoms with E-state index in [1.807, 2.05) is 18.2 Å². The second-order valence-electron chi connectivity index (χ2n) is 4.64. The van der Waals surface area contributed by atoms with Crippen LogP contribution in [0.5, 0.6) is 11.5 Å². The SMILES string of the molecule is CS(=O)(=O)NCCCNCc1cccc2c1OCCO2. The molecule has 6 nitrogen and oxygen atoms in total. The minimum Gasteiger partial charge on any atom is -0.486 e. The first-order valence-electron chi connectivity index (χ1n) is 6.59. The average molecular weight is 300 g/mol. The maximum Gasteiger partial charge on any atom is 0.208 e. The van der Waals surface area contributed by atoms with Gasteiger partial charge in [0.05, 0.1) is 6.26 Å². The van der Waals surface area contributed by atoms with Crippen LogP contribution in [0.1, 0.15) is 12.0 Å². The van der Waals surface area contributed by atoms with Gasteiger partial charge in [0.15, 0.2) is 11.5 Å². The van der Waals surface area contributed by atoms with Gasteiger partial charge in [-0.15, -0.1) is 0 Å². The van der Waals surface area contributed by atoms with Crippen molar-refractivity contribution in [2.45, 2.75) is 13.0 Å². The van der Waals surface area contributed by atoms with Crippen LogP contribution in [0.4, 0.5) is 0 Å². The molecule has 0 fully saturated rings. The van der Waals surface area contributed by atoms with Crippen molar-refractivity contribution in [2.24, 2.45) is 0 Å². The Kier molecular flexibility index (Phi) is 5.22. The standard InChI is InChI=1S/C13H20N2O4S/c1-20(16,17)15-7-3-6-14-10-11-4-2-5-12-13(11)19-9-8-18-12/h2,4-5,14-15H,3,6-10H2,1H3. The van der Waals surface area contributed by atoms with E-state index in [4.69, 9.17) is 9.47 Å². The number of nitrogens with one attached hydrogen (secondary N) is 2. The predicted molar refractivity (Wildman–Crippen MR) is 76.6 cm³/mol. The third kappa shape index (κ3) is 4.66. The van der Waals surface area contributed by atoms with E-state index in [9.17, 15) is 8.42 Å². The molecule has 1 aliphatic heterocycles. The normalized spacial score (nSPS) is 14.2. The number of rotatable bonds is 7. The molecule has 0 bridgehead atoms. The van der Waals surface area contributed by atoms with Crippen LogP contribution < -0.4 is 19.5 Å². The summed E-state index contributed by atoms with van der Waals surface area (Å²) < 4.78 is 35.4. The van der Waals surface area contributed by atoms with E-state index in [-0.39, 0.29) is 0 Å². The van der Waals surface area contributed by atoms with Crippen molar-refractivity contribution in [2.75, 3.05) is 32.6 Å². The number of ether oxygens (including phenoxy) is 2. The minimum atomic E-state index is -3.09. The first kappa shape index (κ1) is 15.1. The molecule has 2 rings (SSSR count). The highest BCUT2D eigenvalue weighted by Gasteiger charge is 2.14. The van der Waals surface area contributed by atoms with Crippen LogP contribution in [0.3, 0.4) is 0 Å². The first-order valence-corrected chi connectivity index (χ1v) is 8.48. The van der Waals surface area contributed by atoms with Gasteiger partial charge in [0.2, 0.25) is 10.0 Å². The number of hydrogen-bond donors (Lipinski definition) is 2. The molecule has 0 atom stereocenters. The summed E-state index contributed by atoms with van der Waals surface area (Å²) in [5.74, 6) is 1.59. The summed E-state index contributed by atoms with van der Waals surface area (Å²) in [6.45, 7) is 3.00. The van der Waals surface area contributed by atoms with E-state index < -0.39 is 10.0 Å². The summed E-state index contributed by atoms with van der Waals surface area (Å²) in [5.41, 5.74) is 1.05. The van der Waals surface area contributed by atoms with Gasteiger partial charge in [0, 0.05) is 18.7 Å². The molecule has 0 amide bonds. The Morgan fingerprint density at radius 1 is 1.20 bits per heavy atom. The van der Waals surface area contributed by atoms with Crippen LogP contribution in [0, 0.1) is 0 Å². The summed E-state index contributed by atoms with van der Waals surface area (Å²) in [4.78, 5) is 0. The molecule has 1 aromatic rings. The van der Waals surface area contributed by atoms with Crippen LogP contribution in [-0.4, -0.2) is 41.0 Å². The zero-order chi connectivity index (χ0) is 14.4. The zero-order valence-corrected chi connectivity index (χ0v) is 12.3. The molecule has 0 aromatic heterocycles. The largest absolute Gasteiger partial charge is 0.486 e. The fraction of sp³-hybridized carbons (Fsp3) is 0.538. The zero-order valence-electron chi connectivity index (χ0n) is 11.5. The molecular weight excluding hydrogens is 280 g/mol. The van der Waals surface area contributed by atoms with Gasteiger partial charge >= 0.3 is 0 Å². The maximum atomic E-state index is 10.9. The monoisotopic (exact) mass is 300 g/mol. The van der Waals surface area contributed by atoms with E-state index in [1.165, 1.54) is 0 Å². The summed E-state index contributed by atoms with van der Waals surface area (Å²) in [7, 11) is -3.09. The van der Waals surface area contributed by atoms with Gasteiger partial charge in [0.1, 0.15) is 13.2 Å². The topological polar surface area (TPSA) is 76.7 Å². The van der Waals surface area contributed by atoms with E-state index in [0.717, 1.165) is 36.3 Å². The van der Waals surface area contributed by atoms with Gasteiger partial charge in [0.25, 0.3) is 0 Å². The van der Waals surface area contributed by atoms with E-state index in [1.54, 1.807) is 0 Å². The minimum absolute atomic E-state index is 0.443. The number of para-hydroxylation sites is 1. The number of benzene rings is 1. The molecule has 0 aliphatic carbocycles. The molecule has 0 radical (unpaired) electrons. The van der Waals surface area contributed by atoms with Gasteiger partial charge in [-0.1, -0.05) is 12.1 Å². The molecule has 7 heteroatoms. The number of hydrogen-bond acceptors (Lipinski definition) is 5. The summed E-state index contributed by atoms with van der Waals surface area (Å²) in [5, 5.41) is 3.27. The molecule has 20 heavy (non-hydrogen) atoms. The number of fused-ring (bicyclic) bond motifs is 1. The maximum absolute atomic E-state index is 10.9. The van der Waals surface area contributed by atoms with E-state index in [2.05, 4.69) is 10.0 Å². The van der Waals surface area contributed by atoms with Gasteiger partial charge in [-0.3, -0.25) is 0 Å². The van der Waals surface area contributed by atoms with Crippen molar-refractivity contribution in [3.05, 3.63) is 23.8 Å². The fourth-order valence-corrected chi connectivity index (χ4v) is 2.48. The molecule has 1 heterocycles. The first-order chi connectivity index (χ1) is 9.56. The van der Waals surface area contributed by atoms with Crippen molar-refractivity contribution in [3.8, 4) is 11.5 Å². The second kappa shape index (κ2) is 6.92. The van der Waals surface area contributed by atoms with Crippen molar-refractivity contribution in [3.63, 3.8) is 0 Å². The fourth-order valence-electron chi connectivity index (χ4n) is 1.97. The average Bonchev–Trinajstić information content (AvgIpc) is 2.41. The molecule has 0 spiro atoms. The second-order valence-corrected chi connectivity index (χ2v) is 6.47. The number of sulfonamides is 1. The van der Waals surface area contributed by atoms with Crippen molar-refractivity contribution in [1.82, 2.24) is 10.0 Å². The van der Waals surface area contributed by atoms with Crippen LogP contribution in [0.25, 0.3) is 0 Å². The smallest absolute Gasteiger partial charge is 0.208 e. The Morgan fingerprint density at radius 3 is 2.80 bits per heavy atom. The molecule has 0 saturated heterocycles. The molecule has 2 N–H and O–H groups in total. The lowest BCUT2D eigenvalue weighted by atomic mass is 10.1.